The zero-order chi connectivity index (χ0) is 15.6. The van der Waals surface area contributed by atoms with Crippen LogP contribution in [-0.2, 0) is 0 Å². The fourth-order valence-electron chi connectivity index (χ4n) is 1.58. The molecule has 0 radical (unpaired) electrons. The molecule has 0 unspecified atom stereocenters. The molecule has 0 bridgehead atoms. The highest BCUT2D eigenvalue weighted by atomic mass is 35.5. The topological polar surface area (TPSA) is 72.2 Å². The summed E-state index contributed by atoms with van der Waals surface area (Å²) in [6, 6.07) is 6.92. The second kappa shape index (κ2) is 6.07. The number of halogens is 3. The monoisotopic (exact) mass is 328 g/mol. The molecule has 1 amide bonds. The number of nitro benzene ring substituents is 1. The van der Waals surface area contributed by atoms with Crippen LogP contribution in [0.15, 0.2) is 36.4 Å². The first-order valence-corrected chi connectivity index (χ1v) is 6.34. The van der Waals surface area contributed by atoms with E-state index in [0.29, 0.717) is 0 Å². The molecule has 2 rings (SSSR count). The molecule has 0 spiro atoms. The molecule has 2 aromatic carbocycles. The van der Waals surface area contributed by atoms with Crippen LogP contribution in [0.1, 0.15) is 10.4 Å². The number of nitro groups is 1. The Morgan fingerprint density at radius 1 is 1.14 bits per heavy atom. The molecule has 0 aliphatic rings. The number of anilines is 1. The van der Waals surface area contributed by atoms with Gasteiger partial charge >= 0.3 is 0 Å². The number of hydrogen-bond acceptors (Lipinski definition) is 3. The largest absolute Gasteiger partial charge is 0.321 e. The van der Waals surface area contributed by atoms with E-state index < -0.39 is 16.6 Å². The number of non-ortho nitro benzene ring substituents is 1. The van der Waals surface area contributed by atoms with Crippen LogP contribution in [0.25, 0.3) is 0 Å². The highest BCUT2D eigenvalue weighted by molar-refractivity contribution is 6.36. The van der Waals surface area contributed by atoms with Crippen LogP contribution in [0, 0.1) is 15.9 Å². The third-order valence-electron chi connectivity index (χ3n) is 2.58. The van der Waals surface area contributed by atoms with E-state index in [4.69, 9.17) is 23.2 Å². The van der Waals surface area contributed by atoms with Crippen molar-refractivity contribution in [2.75, 3.05) is 5.32 Å². The van der Waals surface area contributed by atoms with Gasteiger partial charge in [-0.05, 0) is 24.3 Å². The number of nitrogens with zero attached hydrogens (tertiary/aromatic N) is 1. The van der Waals surface area contributed by atoms with Crippen molar-refractivity contribution in [3.63, 3.8) is 0 Å². The molecular formula is C13H7Cl2FN2O3. The lowest BCUT2D eigenvalue weighted by molar-refractivity contribution is -0.384. The number of benzene rings is 2. The predicted octanol–water partition coefficient (Wildman–Crippen LogP) is 4.29. The average Bonchev–Trinajstić information content (AvgIpc) is 2.42. The standard InChI is InChI=1S/C13H7Cl2FN2O3/c14-10-3-2-8(18(20)21)6-9(10)13(19)17-12-4-1-7(16)5-11(12)15/h1-6H,(H,17,19). The number of carbonyl (C=O) groups excluding carboxylic acids is 1. The fourth-order valence-corrected chi connectivity index (χ4v) is 2.00. The van der Waals surface area contributed by atoms with Crippen molar-refractivity contribution in [1.82, 2.24) is 0 Å². The lowest BCUT2D eigenvalue weighted by Crippen LogP contribution is -2.13. The lowest BCUT2D eigenvalue weighted by Gasteiger charge is -2.08. The molecule has 0 aromatic heterocycles. The molecule has 5 nitrogen and oxygen atoms in total. The molecule has 0 aliphatic heterocycles. The van der Waals surface area contributed by atoms with E-state index in [2.05, 4.69) is 5.32 Å². The number of rotatable bonds is 3. The van der Waals surface area contributed by atoms with Crippen LogP contribution in [0.5, 0.6) is 0 Å². The van der Waals surface area contributed by atoms with Gasteiger partial charge in [-0.3, -0.25) is 14.9 Å². The van der Waals surface area contributed by atoms with E-state index in [1.54, 1.807) is 0 Å². The third-order valence-corrected chi connectivity index (χ3v) is 3.23. The maximum absolute atomic E-state index is 12.9. The number of hydrogen-bond donors (Lipinski definition) is 1. The van der Waals surface area contributed by atoms with Crippen molar-refractivity contribution in [3.8, 4) is 0 Å². The van der Waals surface area contributed by atoms with Gasteiger partial charge in [0.05, 0.1) is 26.2 Å². The van der Waals surface area contributed by atoms with Crippen LogP contribution >= 0.6 is 23.2 Å². The fraction of sp³-hybridized carbons (Fsp3) is 0. The van der Waals surface area contributed by atoms with Gasteiger partial charge in [0, 0.05) is 12.1 Å². The van der Waals surface area contributed by atoms with Gasteiger partial charge in [-0.2, -0.15) is 0 Å². The molecule has 0 saturated carbocycles. The van der Waals surface area contributed by atoms with Gasteiger partial charge in [0.1, 0.15) is 5.82 Å². The lowest BCUT2D eigenvalue weighted by atomic mass is 10.2. The predicted molar refractivity (Wildman–Crippen MR) is 77.5 cm³/mol. The average molecular weight is 329 g/mol. The minimum absolute atomic E-state index is 0.00454. The molecule has 0 saturated heterocycles. The summed E-state index contributed by atoms with van der Waals surface area (Å²) in [4.78, 5) is 22.1. The Hall–Kier alpha value is -2.18. The summed E-state index contributed by atoms with van der Waals surface area (Å²) in [6.45, 7) is 0. The molecule has 2 aromatic rings. The van der Waals surface area contributed by atoms with Crippen LogP contribution in [0.2, 0.25) is 10.0 Å². The van der Waals surface area contributed by atoms with E-state index in [0.717, 1.165) is 18.2 Å². The molecule has 0 fully saturated rings. The molecular weight excluding hydrogens is 322 g/mol. The minimum atomic E-state index is -0.683. The van der Waals surface area contributed by atoms with Gasteiger partial charge in [-0.15, -0.1) is 0 Å². The first-order chi connectivity index (χ1) is 9.88. The second-order valence-electron chi connectivity index (χ2n) is 4.00. The number of nitrogens with one attached hydrogen (secondary N) is 1. The number of amides is 1. The Morgan fingerprint density at radius 3 is 2.48 bits per heavy atom. The maximum Gasteiger partial charge on any atom is 0.270 e. The van der Waals surface area contributed by atoms with Gasteiger partial charge < -0.3 is 5.32 Å². The van der Waals surface area contributed by atoms with E-state index in [1.165, 1.54) is 18.2 Å². The second-order valence-corrected chi connectivity index (χ2v) is 4.81. The third kappa shape index (κ3) is 3.48. The summed E-state index contributed by atoms with van der Waals surface area (Å²) in [7, 11) is 0. The van der Waals surface area contributed by atoms with Crippen molar-refractivity contribution in [3.05, 3.63) is 67.9 Å². The van der Waals surface area contributed by atoms with Crippen molar-refractivity contribution >= 4 is 40.5 Å². The van der Waals surface area contributed by atoms with E-state index in [9.17, 15) is 19.3 Å². The Bertz CT molecular complexity index is 737. The Labute approximate surface area is 128 Å². The molecule has 0 atom stereocenters. The first kappa shape index (κ1) is 15.2. The van der Waals surface area contributed by atoms with Gasteiger partial charge in [0.25, 0.3) is 11.6 Å². The molecule has 8 heteroatoms. The first-order valence-electron chi connectivity index (χ1n) is 5.59. The van der Waals surface area contributed by atoms with Crippen LogP contribution < -0.4 is 5.32 Å². The zero-order valence-electron chi connectivity index (χ0n) is 10.3. The highest BCUT2D eigenvalue weighted by Crippen LogP contribution is 2.26. The zero-order valence-corrected chi connectivity index (χ0v) is 11.8. The van der Waals surface area contributed by atoms with Gasteiger partial charge in [-0.25, -0.2) is 4.39 Å². The quantitative estimate of drug-likeness (QED) is 0.674. The molecule has 0 heterocycles. The summed E-state index contributed by atoms with van der Waals surface area (Å²) in [6.07, 6.45) is 0. The molecule has 1 N–H and O–H groups in total. The van der Waals surface area contributed by atoms with Crippen LogP contribution in [0.3, 0.4) is 0 Å². The van der Waals surface area contributed by atoms with Crippen molar-refractivity contribution < 1.29 is 14.1 Å². The maximum atomic E-state index is 12.9. The van der Waals surface area contributed by atoms with Gasteiger partial charge in [0.15, 0.2) is 0 Å². The summed E-state index contributed by atoms with van der Waals surface area (Å²) in [5, 5.41) is 13.2. The SMILES string of the molecule is O=C(Nc1ccc(F)cc1Cl)c1cc([N+](=O)[O-])ccc1Cl. The van der Waals surface area contributed by atoms with Gasteiger partial charge in [0.2, 0.25) is 0 Å². The van der Waals surface area contributed by atoms with Crippen LogP contribution in [-0.4, -0.2) is 10.8 Å². The molecule has 108 valence electrons. The summed E-state index contributed by atoms with van der Waals surface area (Å²) in [5.74, 6) is -1.23. The van der Waals surface area contributed by atoms with Crippen LogP contribution in [0.4, 0.5) is 15.8 Å². The van der Waals surface area contributed by atoms with Crippen molar-refractivity contribution in [1.29, 1.82) is 0 Å². The highest BCUT2D eigenvalue weighted by Gasteiger charge is 2.17. The molecule has 21 heavy (non-hydrogen) atoms. The number of carbonyl (C=O) groups is 1. The van der Waals surface area contributed by atoms with E-state index in [-0.39, 0.29) is 27.0 Å². The van der Waals surface area contributed by atoms with Crippen molar-refractivity contribution in [2.24, 2.45) is 0 Å². The minimum Gasteiger partial charge on any atom is -0.321 e. The smallest absolute Gasteiger partial charge is 0.270 e. The summed E-state index contributed by atoms with van der Waals surface area (Å²) < 4.78 is 12.9. The van der Waals surface area contributed by atoms with Crippen molar-refractivity contribution in [2.45, 2.75) is 0 Å². The summed E-state index contributed by atoms with van der Waals surface area (Å²) >= 11 is 11.6. The molecule has 0 aliphatic carbocycles. The Morgan fingerprint density at radius 2 is 1.86 bits per heavy atom. The Kier molecular flexibility index (Phi) is 4.40. The normalized spacial score (nSPS) is 10.2. The van der Waals surface area contributed by atoms with E-state index >= 15 is 0 Å². The van der Waals surface area contributed by atoms with Gasteiger partial charge in [-0.1, -0.05) is 23.2 Å². The summed E-state index contributed by atoms with van der Waals surface area (Å²) in [5.41, 5.74) is -0.174. The van der Waals surface area contributed by atoms with E-state index in [1.807, 2.05) is 0 Å². The Balaban J connectivity index is 2.32.